The van der Waals surface area contributed by atoms with Crippen molar-refractivity contribution in [1.29, 1.82) is 0 Å². The van der Waals surface area contributed by atoms with Crippen molar-refractivity contribution in [1.82, 2.24) is 20.7 Å². The van der Waals surface area contributed by atoms with E-state index < -0.39 is 17.7 Å². The Labute approximate surface area is 114 Å². The highest BCUT2D eigenvalue weighted by Gasteiger charge is 2.23. The van der Waals surface area contributed by atoms with Crippen LogP contribution < -0.4 is 11.1 Å². The van der Waals surface area contributed by atoms with Crippen LogP contribution in [0.1, 0.15) is 55.9 Å². The summed E-state index contributed by atoms with van der Waals surface area (Å²) in [6.45, 7) is 7.53. The van der Waals surface area contributed by atoms with Crippen LogP contribution in [0.3, 0.4) is 0 Å². The van der Waals surface area contributed by atoms with Gasteiger partial charge in [0.25, 0.3) is 5.91 Å². The molecule has 8 heteroatoms. The third kappa shape index (κ3) is 2.95. The van der Waals surface area contributed by atoms with Gasteiger partial charge in [-0.25, -0.2) is 9.89 Å². The molecule has 0 radical (unpaired) electrons. The minimum Gasteiger partial charge on any atom is -0.390 e. The van der Waals surface area contributed by atoms with Crippen LogP contribution >= 0.6 is 0 Å². The van der Waals surface area contributed by atoms with Gasteiger partial charge in [0.15, 0.2) is 0 Å². The van der Waals surface area contributed by atoms with Crippen LogP contribution in [-0.4, -0.2) is 21.3 Å². The van der Waals surface area contributed by atoms with Crippen molar-refractivity contribution >= 4 is 5.91 Å². The standard InChI is InChI=1S/C12H16N4O4/c1-6(10-14-15-11(18)19-10)13-9(17)7-5-8(16-20-7)12(2,3)4/h5-6H,1-4H3,(H,13,17)(H,15,18)/t6-/m1/s1. The van der Waals surface area contributed by atoms with E-state index in [-0.39, 0.29) is 17.1 Å². The second-order valence-electron chi connectivity index (χ2n) is 5.47. The molecular weight excluding hydrogens is 264 g/mol. The maximum atomic E-state index is 12.0. The molecule has 0 saturated carbocycles. The molecule has 0 unspecified atom stereocenters. The van der Waals surface area contributed by atoms with Crippen molar-refractivity contribution < 1.29 is 13.7 Å². The maximum Gasteiger partial charge on any atom is 0.434 e. The summed E-state index contributed by atoms with van der Waals surface area (Å²) in [6.07, 6.45) is 0. The Bertz CT molecular complexity index is 661. The van der Waals surface area contributed by atoms with Crippen LogP contribution in [0.2, 0.25) is 0 Å². The minimum absolute atomic E-state index is 0.0962. The molecular formula is C12H16N4O4. The fraction of sp³-hybridized carbons (Fsp3) is 0.500. The van der Waals surface area contributed by atoms with Crippen molar-refractivity contribution in [3.63, 3.8) is 0 Å². The summed E-state index contributed by atoms with van der Waals surface area (Å²) in [6, 6.07) is 1.02. The molecule has 2 aromatic heterocycles. The Morgan fingerprint density at radius 2 is 2.15 bits per heavy atom. The van der Waals surface area contributed by atoms with E-state index in [1.165, 1.54) is 0 Å². The van der Waals surface area contributed by atoms with Crippen molar-refractivity contribution in [3.8, 4) is 0 Å². The van der Waals surface area contributed by atoms with E-state index in [4.69, 9.17) is 8.94 Å². The smallest absolute Gasteiger partial charge is 0.390 e. The normalized spacial score (nSPS) is 13.2. The number of carbonyl (C=O) groups is 1. The number of rotatable bonds is 3. The van der Waals surface area contributed by atoms with Crippen molar-refractivity contribution in [3.05, 3.63) is 34.0 Å². The molecule has 8 nitrogen and oxygen atoms in total. The lowest BCUT2D eigenvalue weighted by Crippen LogP contribution is -2.26. The van der Waals surface area contributed by atoms with E-state index in [1.54, 1.807) is 13.0 Å². The van der Waals surface area contributed by atoms with Gasteiger partial charge in [-0.15, -0.1) is 5.10 Å². The average molecular weight is 280 g/mol. The first-order valence-electron chi connectivity index (χ1n) is 6.11. The number of carbonyl (C=O) groups excluding carboxylic acids is 1. The minimum atomic E-state index is -0.671. The van der Waals surface area contributed by atoms with Gasteiger partial charge in [0.1, 0.15) is 6.04 Å². The summed E-state index contributed by atoms with van der Waals surface area (Å²) in [7, 11) is 0. The Balaban J connectivity index is 2.08. The Hall–Kier alpha value is -2.38. The van der Waals surface area contributed by atoms with Crippen LogP contribution in [0.5, 0.6) is 0 Å². The quantitative estimate of drug-likeness (QED) is 0.871. The van der Waals surface area contributed by atoms with Crippen LogP contribution in [0.4, 0.5) is 0 Å². The van der Waals surface area contributed by atoms with Gasteiger partial charge in [-0.2, -0.15) is 0 Å². The number of hydrogen-bond donors (Lipinski definition) is 2. The highest BCUT2D eigenvalue weighted by molar-refractivity contribution is 5.91. The van der Waals surface area contributed by atoms with E-state index in [0.717, 1.165) is 0 Å². The first-order chi connectivity index (χ1) is 9.27. The van der Waals surface area contributed by atoms with Gasteiger partial charge in [0, 0.05) is 11.5 Å². The Morgan fingerprint density at radius 1 is 1.45 bits per heavy atom. The number of H-pyrrole nitrogens is 1. The summed E-state index contributed by atoms with van der Waals surface area (Å²) in [5.41, 5.74) is 0.476. The molecule has 108 valence electrons. The van der Waals surface area contributed by atoms with E-state index >= 15 is 0 Å². The van der Waals surface area contributed by atoms with Gasteiger partial charge in [-0.05, 0) is 6.92 Å². The summed E-state index contributed by atoms with van der Waals surface area (Å²) < 4.78 is 9.77. The number of nitrogens with zero attached hydrogens (tertiary/aromatic N) is 2. The van der Waals surface area contributed by atoms with Gasteiger partial charge < -0.3 is 14.3 Å². The number of amides is 1. The van der Waals surface area contributed by atoms with E-state index in [2.05, 4.69) is 20.7 Å². The average Bonchev–Trinajstić information content (AvgIpc) is 2.95. The van der Waals surface area contributed by atoms with Gasteiger partial charge in [-0.1, -0.05) is 25.9 Å². The highest BCUT2D eigenvalue weighted by Crippen LogP contribution is 2.21. The zero-order valence-corrected chi connectivity index (χ0v) is 11.7. The first kappa shape index (κ1) is 14.0. The predicted molar refractivity (Wildman–Crippen MR) is 68.2 cm³/mol. The summed E-state index contributed by atoms with van der Waals surface area (Å²) in [5.74, 6) is -0.930. The molecule has 1 amide bonds. The molecule has 2 heterocycles. The Morgan fingerprint density at radius 3 is 2.65 bits per heavy atom. The Kier molecular flexibility index (Phi) is 3.47. The number of aromatic amines is 1. The van der Waals surface area contributed by atoms with Crippen molar-refractivity contribution in [2.45, 2.75) is 39.2 Å². The second kappa shape index (κ2) is 4.95. The van der Waals surface area contributed by atoms with Crippen LogP contribution in [-0.2, 0) is 5.41 Å². The molecule has 2 aromatic rings. The zero-order valence-electron chi connectivity index (χ0n) is 11.7. The first-order valence-corrected chi connectivity index (χ1v) is 6.11. The molecule has 0 fully saturated rings. The third-order valence-electron chi connectivity index (χ3n) is 2.68. The van der Waals surface area contributed by atoms with E-state index in [0.29, 0.717) is 5.69 Å². The molecule has 0 aliphatic carbocycles. The summed E-state index contributed by atoms with van der Waals surface area (Å²) >= 11 is 0. The van der Waals surface area contributed by atoms with E-state index in [9.17, 15) is 9.59 Å². The van der Waals surface area contributed by atoms with Gasteiger partial charge >= 0.3 is 5.76 Å². The fourth-order valence-corrected chi connectivity index (χ4v) is 1.49. The lowest BCUT2D eigenvalue weighted by atomic mass is 9.92. The summed E-state index contributed by atoms with van der Waals surface area (Å²) in [4.78, 5) is 22.8. The number of hydrogen-bond acceptors (Lipinski definition) is 6. The lowest BCUT2D eigenvalue weighted by Gasteiger charge is -2.12. The van der Waals surface area contributed by atoms with Crippen molar-refractivity contribution in [2.75, 3.05) is 0 Å². The summed E-state index contributed by atoms with van der Waals surface area (Å²) in [5, 5.41) is 12.2. The SMILES string of the molecule is C[C@@H](NC(=O)c1cc(C(C)(C)C)no1)c1n[nH]c(=O)o1. The second-order valence-corrected chi connectivity index (χ2v) is 5.47. The zero-order chi connectivity index (χ0) is 14.9. The molecule has 0 saturated heterocycles. The van der Waals surface area contributed by atoms with Gasteiger partial charge in [0.05, 0.1) is 5.69 Å². The lowest BCUT2D eigenvalue weighted by molar-refractivity contribution is 0.0896. The molecule has 20 heavy (non-hydrogen) atoms. The third-order valence-corrected chi connectivity index (χ3v) is 2.68. The van der Waals surface area contributed by atoms with Gasteiger partial charge in [-0.3, -0.25) is 4.79 Å². The fourth-order valence-electron chi connectivity index (χ4n) is 1.49. The predicted octanol–water partition coefficient (Wildman–Crippen LogP) is 1.14. The highest BCUT2D eigenvalue weighted by atomic mass is 16.5. The van der Waals surface area contributed by atoms with Crippen LogP contribution in [0.25, 0.3) is 0 Å². The molecule has 2 N–H and O–H groups in total. The monoisotopic (exact) mass is 280 g/mol. The molecule has 0 aliphatic rings. The molecule has 0 aliphatic heterocycles. The molecule has 2 rings (SSSR count). The van der Waals surface area contributed by atoms with Crippen LogP contribution in [0, 0.1) is 0 Å². The van der Waals surface area contributed by atoms with E-state index in [1.807, 2.05) is 20.8 Å². The number of nitrogens with one attached hydrogen (secondary N) is 2. The van der Waals surface area contributed by atoms with Crippen LogP contribution in [0.15, 0.2) is 19.8 Å². The van der Waals surface area contributed by atoms with Crippen molar-refractivity contribution in [2.24, 2.45) is 0 Å². The largest absolute Gasteiger partial charge is 0.434 e. The van der Waals surface area contributed by atoms with Gasteiger partial charge in [0.2, 0.25) is 11.7 Å². The number of aromatic nitrogens is 3. The molecule has 0 bridgehead atoms. The molecule has 0 spiro atoms. The maximum absolute atomic E-state index is 12.0. The molecule has 0 aromatic carbocycles. The topological polar surface area (TPSA) is 114 Å². The molecule has 1 atom stereocenters.